The van der Waals surface area contributed by atoms with Gasteiger partial charge in [-0.1, -0.05) is 23.2 Å². The molecular formula is C12H12Cl2FN3. The van der Waals surface area contributed by atoms with Crippen LogP contribution in [0, 0.1) is 5.82 Å². The van der Waals surface area contributed by atoms with Crippen LogP contribution in [0.15, 0.2) is 24.5 Å². The number of nitrogens with zero attached hydrogens (tertiary/aromatic N) is 2. The summed E-state index contributed by atoms with van der Waals surface area (Å²) in [6.07, 6.45) is 3.68. The summed E-state index contributed by atoms with van der Waals surface area (Å²) in [5.41, 5.74) is 1.69. The molecule has 0 aliphatic carbocycles. The van der Waals surface area contributed by atoms with Gasteiger partial charge in [-0.15, -0.1) is 0 Å². The van der Waals surface area contributed by atoms with Gasteiger partial charge in [0.05, 0.1) is 22.3 Å². The van der Waals surface area contributed by atoms with Crippen molar-refractivity contribution in [1.29, 1.82) is 0 Å². The van der Waals surface area contributed by atoms with Crippen LogP contribution in [-0.4, -0.2) is 9.78 Å². The SMILES string of the molecule is CC(Nc1cc(Cl)c(F)c(Cl)c1)c1cnn(C)c1. The minimum absolute atomic E-state index is 0.00314. The molecule has 18 heavy (non-hydrogen) atoms. The minimum Gasteiger partial charge on any atom is -0.378 e. The van der Waals surface area contributed by atoms with Gasteiger partial charge in [0.1, 0.15) is 0 Å². The molecule has 0 bridgehead atoms. The van der Waals surface area contributed by atoms with Crippen molar-refractivity contribution in [3.8, 4) is 0 Å². The molecule has 0 spiro atoms. The third kappa shape index (κ3) is 2.76. The van der Waals surface area contributed by atoms with Crippen LogP contribution in [0.2, 0.25) is 10.0 Å². The zero-order chi connectivity index (χ0) is 13.3. The molecule has 0 fully saturated rings. The second-order valence-electron chi connectivity index (χ2n) is 4.07. The van der Waals surface area contributed by atoms with Crippen molar-refractivity contribution in [3.63, 3.8) is 0 Å². The Hall–Kier alpha value is -1.26. The van der Waals surface area contributed by atoms with Gasteiger partial charge in [0.15, 0.2) is 5.82 Å². The Morgan fingerprint density at radius 2 is 1.94 bits per heavy atom. The van der Waals surface area contributed by atoms with E-state index < -0.39 is 5.82 Å². The van der Waals surface area contributed by atoms with Crippen molar-refractivity contribution in [2.45, 2.75) is 13.0 Å². The lowest BCUT2D eigenvalue weighted by molar-refractivity contribution is 0.628. The Kier molecular flexibility index (Phi) is 3.78. The highest BCUT2D eigenvalue weighted by Gasteiger charge is 2.11. The molecule has 1 N–H and O–H groups in total. The molecule has 1 aromatic carbocycles. The predicted molar refractivity (Wildman–Crippen MR) is 71.7 cm³/mol. The van der Waals surface area contributed by atoms with Crippen molar-refractivity contribution in [3.05, 3.63) is 46.0 Å². The van der Waals surface area contributed by atoms with E-state index in [1.807, 2.05) is 20.2 Å². The normalized spacial score (nSPS) is 12.5. The second kappa shape index (κ2) is 5.16. The lowest BCUT2D eigenvalue weighted by Gasteiger charge is -2.14. The van der Waals surface area contributed by atoms with Crippen LogP contribution in [0.4, 0.5) is 10.1 Å². The van der Waals surface area contributed by atoms with Crippen LogP contribution in [0.3, 0.4) is 0 Å². The molecule has 2 rings (SSSR count). The van der Waals surface area contributed by atoms with Crippen LogP contribution in [0.1, 0.15) is 18.5 Å². The Labute approximate surface area is 115 Å². The third-order valence-electron chi connectivity index (χ3n) is 2.59. The topological polar surface area (TPSA) is 29.9 Å². The maximum atomic E-state index is 13.3. The van der Waals surface area contributed by atoms with Gasteiger partial charge >= 0.3 is 0 Å². The van der Waals surface area contributed by atoms with Gasteiger partial charge in [0.2, 0.25) is 0 Å². The van der Waals surface area contributed by atoms with Crippen LogP contribution in [0.5, 0.6) is 0 Å². The van der Waals surface area contributed by atoms with Gasteiger partial charge in [0.25, 0.3) is 0 Å². The van der Waals surface area contributed by atoms with E-state index in [1.165, 1.54) is 12.1 Å². The second-order valence-corrected chi connectivity index (χ2v) is 4.88. The third-order valence-corrected chi connectivity index (χ3v) is 3.14. The molecule has 96 valence electrons. The van der Waals surface area contributed by atoms with Gasteiger partial charge < -0.3 is 5.32 Å². The van der Waals surface area contributed by atoms with E-state index in [9.17, 15) is 4.39 Å². The Bertz CT molecular complexity index is 545. The average molecular weight is 288 g/mol. The average Bonchev–Trinajstić information content (AvgIpc) is 2.72. The van der Waals surface area contributed by atoms with Crippen molar-refractivity contribution in [2.24, 2.45) is 7.05 Å². The van der Waals surface area contributed by atoms with Gasteiger partial charge in [0, 0.05) is 24.5 Å². The minimum atomic E-state index is -0.599. The summed E-state index contributed by atoms with van der Waals surface area (Å²) >= 11 is 11.5. The standard InChI is InChI=1S/C12H12Cl2FN3/c1-7(8-5-16-18(2)6-8)17-9-3-10(13)12(15)11(14)4-9/h3-7,17H,1-2H3. The molecule has 0 amide bonds. The van der Waals surface area contributed by atoms with E-state index in [2.05, 4.69) is 10.4 Å². The van der Waals surface area contributed by atoms with Crippen LogP contribution >= 0.6 is 23.2 Å². The fraction of sp³-hybridized carbons (Fsp3) is 0.250. The van der Waals surface area contributed by atoms with Gasteiger partial charge in [-0.05, 0) is 19.1 Å². The molecule has 2 aromatic rings. The zero-order valence-corrected chi connectivity index (χ0v) is 11.4. The maximum absolute atomic E-state index is 13.3. The highest BCUT2D eigenvalue weighted by Crippen LogP contribution is 2.29. The molecule has 1 atom stereocenters. The largest absolute Gasteiger partial charge is 0.378 e. The number of benzene rings is 1. The number of nitrogens with one attached hydrogen (secondary N) is 1. The van der Waals surface area contributed by atoms with Crippen molar-refractivity contribution < 1.29 is 4.39 Å². The van der Waals surface area contributed by atoms with E-state index in [1.54, 1.807) is 10.9 Å². The number of hydrogen-bond donors (Lipinski definition) is 1. The zero-order valence-electron chi connectivity index (χ0n) is 9.92. The number of anilines is 1. The van der Waals surface area contributed by atoms with Crippen LogP contribution < -0.4 is 5.32 Å². The fourth-order valence-electron chi connectivity index (χ4n) is 1.64. The van der Waals surface area contributed by atoms with Gasteiger partial charge in [-0.3, -0.25) is 4.68 Å². The molecule has 3 nitrogen and oxygen atoms in total. The summed E-state index contributed by atoms with van der Waals surface area (Å²) in [5, 5.41) is 7.29. The molecule has 0 aliphatic rings. The number of halogens is 3. The first kappa shape index (κ1) is 13.2. The Balaban J connectivity index is 2.19. The number of rotatable bonds is 3. The summed E-state index contributed by atoms with van der Waals surface area (Å²) in [5.74, 6) is -0.599. The van der Waals surface area contributed by atoms with Crippen molar-refractivity contribution in [2.75, 3.05) is 5.32 Å². The molecule has 0 saturated heterocycles. The molecule has 0 saturated carbocycles. The quantitative estimate of drug-likeness (QED) is 0.864. The highest BCUT2D eigenvalue weighted by molar-refractivity contribution is 6.35. The summed E-state index contributed by atoms with van der Waals surface area (Å²) in [6.45, 7) is 1.97. The first-order chi connectivity index (χ1) is 8.47. The Morgan fingerprint density at radius 3 is 2.44 bits per heavy atom. The smallest absolute Gasteiger partial charge is 0.160 e. The first-order valence-corrected chi connectivity index (χ1v) is 6.12. The van der Waals surface area contributed by atoms with E-state index in [-0.39, 0.29) is 16.1 Å². The molecular weight excluding hydrogens is 276 g/mol. The van der Waals surface area contributed by atoms with E-state index in [0.717, 1.165) is 5.56 Å². The van der Waals surface area contributed by atoms with Crippen LogP contribution in [-0.2, 0) is 7.05 Å². The van der Waals surface area contributed by atoms with Crippen molar-refractivity contribution >= 4 is 28.9 Å². The van der Waals surface area contributed by atoms with E-state index in [0.29, 0.717) is 5.69 Å². The molecule has 0 radical (unpaired) electrons. The highest BCUT2D eigenvalue weighted by atomic mass is 35.5. The summed E-state index contributed by atoms with van der Waals surface area (Å²) in [6, 6.07) is 3.04. The molecule has 6 heteroatoms. The van der Waals surface area contributed by atoms with Gasteiger partial charge in [-0.25, -0.2) is 4.39 Å². The number of aryl methyl sites for hydroxylation is 1. The Morgan fingerprint density at radius 1 is 1.33 bits per heavy atom. The molecule has 1 heterocycles. The fourth-order valence-corrected chi connectivity index (χ4v) is 2.12. The maximum Gasteiger partial charge on any atom is 0.160 e. The van der Waals surface area contributed by atoms with E-state index in [4.69, 9.17) is 23.2 Å². The summed E-state index contributed by atoms with van der Waals surface area (Å²) < 4.78 is 15.0. The molecule has 0 aliphatic heterocycles. The van der Waals surface area contributed by atoms with Gasteiger partial charge in [-0.2, -0.15) is 5.10 Å². The number of aromatic nitrogens is 2. The van der Waals surface area contributed by atoms with E-state index >= 15 is 0 Å². The molecule has 1 aromatic heterocycles. The summed E-state index contributed by atoms with van der Waals surface area (Å²) in [7, 11) is 1.85. The predicted octanol–water partition coefficient (Wildman–Crippen LogP) is 4.04. The monoisotopic (exact) mass is 287 g/mol. The first-order valence-electron chi connectivity index (χ1n) is 5.37. The number of hydrogen-bond acceptors (Lipinski definition) is 2. The molecule has 1 unspecified atom stereocenters. The summed E-state index contributed by atoms with van der Waals surface area (Å²) in [4.78, 5) is 0. The lowest BCUT2D eigenvalue weighted by Crippen LogP contribution is -2.06. The van der Waals surface area contributed by atoms with Crippen LogP contribution in [0.25, 0.3) is 0 Å². The lowest BCUT2D eigenvalue weighted by atomic mass is 10.2. The van der Waals surface area contributed by atoms with Crippen molar-refractivity contribution in [1.82, 2.24) is 9.78 Å².